The third-order valence-corrected chi connectivity index (χ3v) is 2.18. The highest BCUT2D eigenvalue weighted by molar-refractivity contribution is 7.81. The Morgan fingerprint density at radius 3 is 2.15 bits per heavy atom. The molecule has 0 N–H and O–H groups in total. The smallest absolute Gasteiger partial charge is 0.381 e. The summed E-state index contributed by atoms with van der Waals surface area (Å²) in [6.45, 7) is 0.148. The Morgan fingerprint density at radius 2 is 1.85 bits per heavy atom. The minimum atomic E-state index is -3.91. The number of nitrogens with zero attached hydrogens (tertiary/aromatic N) is 1. The number of hydrogen-bond acceptors (Lipinski definition) is 6. The van der Waals surface area contributed by atoms with Gasteiger partial charge in [0.2, 0.25) is 0 Å². The normalized spacial score (nSPS) is 14.8. The van der Waals surface area contributed by atoms with Crippen LogP contribution in [0.2, 0.25) is 0 Å². The molecule has 7 heteroatoms. The van der Waals surface area contributed by atoms with Gasteiger partial charge in [-0.15, -0.1) is 0 Å². The van der Waals surface area contributed by atoms with E-state index >= 15 is 0 Å². The third kappa shape index (κ3) is 5.17. The van der Waals surface area contributed by atoms with E-state index in [1.165, 1.54) is 7.11 Å². The van der Waals surface area contributed by atoms with Gasteiger partial charge in [-0.1, -0.05) is 0 Å². The first-order valence-electron chi connectivity index (χ1n) is 3.57. The average Bonchev–Trinajstić information content (AvgIpc) is 2.03. The summed E-state index contributed by atoms with van der Waals surface area (Å²) in [4.78, 5) is 1.57. The van der Waals surface area contributed by atoms with E-state index in [2.05, 4.69) is 8.37 Å². The quantitative estimate of drug-likeness (QED) is 0.550. The maximum atomic E-state index is 10.9. The van der Waals surface area contributed by atoms with Crippen molar-refractivity contribution in [3.8, 4) is 0 Å². The van der Waals surface area contributed by atoms with Crippen LogP contribution in [0.5, 0.6) is 0 Å². The summed E-state index contributed by atoms with van der Waals surface area (Å²) in [5.41, 5.74) is 0. The lowest BCUT2D eigenvalue weighted by Crippen LogP contribution is -2.36. The van der Waals surface area contributed by atoms with Gasteiger partial charge in [0, 0.05) is 7.11 Å². The van der Waals surface area contributed by atoms with Gasteiger partial charge in [0.1, 0.15) is 0 Å². The van der Waals surface area contributed by atoms with E-state index < -0.39 is 16.6 Å². The van der Waals surface area contributed by atoms with Crippen LogP contribution in [0, 0.1) is 0 Å². The molecule has 80 valence electrons. The summed E-state index contributed by atoms with van der Waals surface area (Å²) in [5, 5.41) is 0. The summed E-state index contributed by atoms with van der Waals surface area (Å²) in [7, 11) is 1.94. The van der Waals surface area contributed by atoms with E-state index in [1.807, 2.05) is 0 Å². The van der Waals surface area contributed by atoms with E-state index in [4.69, 9.17) is 4.74 Å². The maximum Gasteiger partial charge on any atom is 0.401 e. The SMILES string of the molecule is COCC(OS(=O)(=O)OC)N(C)C. The summed E-state index contributed by atoms with van der Waals surface area (Å²) in [6.07, 6.45) is -0.671. The number of rotatable bonds is 6. The van der Waals surface area contributed by atoms with Crippen molar-refractivity contribution in [2.75, 3.05) is 34.9 Å². The lowest BCUT2D eigenvalue weighted by molar-refractivity contribution is -0.00776. The Balaban J connectivity index is 4.26. The number of methoxy groups -OCH3 is 1. The van der Waals surface area contributed by atoms with E-state index in [9.17, 15) is 8.42 Å². The fraction of sp³-hybridized carbons (Fsp3) is 1.00. The molecule has 0 aliphatic carbocycles. The van der Waals surface area contributed by atoms with E-state index in [0.717, 1.165) is 7.11 Å². The summed E-state index contributed by atoms with van der Waals surface area (Å²) in [5.74, 6) is 0. The van der Waals surface area contributed by atoms with E-state index in [-0.39, 0.29) is 6.61 Å². The van der Waals surface area contributed by atoms with Gasteiger partial charge in [0.25, 0.3) is 0 Å². The number of likely N-dealkylation sites (N-methyl/N-ethyl adjacent to an activating group) is 1. The van der Waals surface area contributed by atoms with Crippen LogP contribution in [-0.2, 0) is 23.5 Å². The standard InChI is InChI=1S/C6H15NO5S/c1-7(2)6(5-10-3)12-13(8,9)11-4/h6H,5H2,1-4H3. The van der Waals surface area contributed by atoms with E-state index in [1.54, 1.807) is 19.0 Å². The van der Waals surface area contributed by atoms with Crippen LogP contribution in [0.15, 0.2) is 0 Å². The van der Waals surface area contributed by atoms with Crippen molar-refractivity contribution in [1.82, 2.24) is 4.90 Å². The second-order valence-corrected chi connectivity index (χ2v) is 3.89. The van der Waals surface area contributed by atoms with Crippen molar-refractivity contribution in [3.05, 3.63) is 0 Å². The van der Waals surface area contributed by atoms with Gasteiger partial charge in [0.05, 0.1) is 13.7 Å². The molecule has 0 fully saturated rings. The van der Waals surface area contributed by atoms with Gasteiger partial charge in [-0.3, -0.25) is 9.08 Å². The molecule has 0 saturated carbocycles. The molecule has 0 bridgehead atoms. The van der Waals surface area contributed by atoms with Gasteiger partial charge >= 0.3 is 10.4 Å². The minimum Gasteiger partial charge on any atom is -0.381 e. The van der Waals surface area contributed by atoms with Crippen LogP contribution < -0.4 is 0 Å². The molecular formula is C6H15NO5S. The molecule has 6 nitrogen and oxygen atoms in total. The van der Waals surface area contributed by atoms with Crippen LogP contribution in [-0.4, -0.2) is 54.5 Å². The fourth-order valence-electron chi connectivity index (χ4n) is 0.581. The van der Waals surface area contributed by atoms with Crippen molar-refractivity contribution in [1.29, 1.82) is 0 Å². The van der Waals surface area contributed by atoms with Crippen LogP contribution in [0.1, 0.15) is 0 Å². The largest absolute Gasteiger partial charge is 0.401 e. The molecule has 0 spiro atoms. The highest BCUT2D eigenvalue weighted by atomic mass is 32.3. The molecule has 0 aromatic rings. The van der Waals surface area contributed by atoms with Gasteiger partial charge < -0.3 is 4.74 Å². The number of ether oxygens (including phenoxy) is 1. The van der Waals surface area contributed by atoms with Crippen molar-refractivity contribution in [2.24, 2.45) is 0 Å². The van der Waals surface area contributed by atoms with Gasteiger partial charge in [-0.05, 0) is 14.1 Å². The zero-order valence-corrected chi connectivity index (χ0v) is 9.00. The van der Waals surface area contributed by atoms with Crippen LogP contribution in [0.3, 0.4) is 0 Å². The Kier molecular flexibility index (Phi) is 5.42. The Labute approximate surface area is 78.7 Å². The molecule has 1 unspecified atom stereocenters. The van der Waals surface area contributed by atoms with Gasteiger partial charge in [-0.25, -0.2) is 4.18 Å². The van der Waals surface area contributed by atoms with Crippen LogP contribution in [0.25, 0.3) is 0 Å². The van der Waals surface area contributed by atoms with Gasteiger partial charge in [0.15, 0.2) is 6.23 Å². The molecule has 0 radical (unpaired) electrons. The predicted molar refractivity (Wildman–Crippen MR) is 46.4 cm³/mol. The zero-order valence-electron chi connectivity index (χ0n) is 8.18. The first-order valence-corrected chi connectivity index (χ1v) is 4.90. The van der Waals surface area contributed by atoms with Gasteiger partial charge in [-0.2, -0.15) is 8.42 Å². The molecule has 0 aromatic carbocycles. The summed E-state index contributed by atoms with van der Waals surface area (Å²) in [6, 6.07) is 0. The molecule has 0 heterocycles. The summed E-state index contributed by atoms with van der Waals surface area (Å²) >= 11 is 0. The highest BCUT2D eigenvalue weighted by Crippen LogP contribution is 2.03. The summed E-state index contributed by atoms with van der Waals surface area (Å²) < 4.78 is 35.3. The second-order valence-electron chi connectivity index (χ2n) is 2.54. The van der Waals surface area contributed by atoms with Crippen molar-refractivity contribution >= 4 is 10.4 Å². The molecule has 1 atom stereocenters. The minimum absolute atomic E-state index is 0.148. The first kappa shape index (κ1) is 12.8. The van der Waals surface area contributed by atoms with Crippen LogP contribution in [0.4, 0.5) is 0 Å². The van der Waals surface area contributed by atoms with E-state index in [0.29, 0.717) is 0 Å². The fourth-order valence-corrected chi connectivity index (χ4v) is 1.16. The Hall–Kier alpha value is -0.210. The third-order valence-electron chi connectivity index (χ3n) is 1.32. The molecule has 0 aromatic heterocycles. The molecule has 0 aliphatic rings. The molecule has 0 saturated heterocycles. The van der Waals surface area contributed by atoms with Crippen molar-refractivity contribution < 1.29 is 21.5 Å². The monoisotopic (exact) mass is 213 g/mol. The number of hydrogen-bond donors (Lipinski definition) is 0. The lowest BCUT2D eigenvalue weighted by atomic mass is 10.5. The molecule has 0 rings (SSSR count). The lowest BCUT2D eigenvalue weighted by Gasteiger charge is -2.21. The topological polar surface area (TPSA) is 65.1 Å². The predicted octanol–water partition coefficient (Wildman–Crippen LogP) is -0.572. The Bertz CT molecular complexity index is 225. The first-order chi connectivity index (χ1) is 5.93. The van der Waals surface area contributed by atoms with Crippen molar-refractivity contribution in [2.45, 2.75) is 6.23 Å². The Morgan fingerprint density at radius 1 is 1.31 bits per heavy atom. The zero-order chi connectivity index (χ0) is 10.5. The molecule has 13 heavy (non-hydrogen) atoms. The maximum absolute atomic E-state index is 10.9. The van der Waals surface area contributed by atoms with Crippen molar-refractivity contribution in [3.63, 3.8) is 0 Å². The molecule has 0 amide bonds. The molecular weight excluding hydrogens is 198 g/mol. The average molecular weight is 213 g/mol. The molecule has 0 aliphatic heterocycles. The van der Waals surface area contributed by atoms with Crippen LogP contribution >= 0.6 is 0 Å². The second kappa shape index (κ2) is 5.51. The highest BCUT2D eigenvalue weighted by Gasteiger charge is 2.20.